The average Bonchev–Trinajstić information content (AvgIpc) is 2.46. The molecule has 1 unspecified atom stereocenters. The highest BCUT2D eigenvalue weighted by molar-refractivity contribution is 7.86. The number of allylic oxidation sites excluding steroid dienone is 1. The van der Waals surface area contributed by atoms with Gasteiger partial charge in [-0.3, -0.25) is 4.55 Å². The van der Waals surface area contributed by atoms with E-state index in [9.17, 15) is 13.2 Å². The second-order valence-electron chi connectivity index (χ2n) is 5.56. The lowest BCUT2D eigenvalue weighted by Gasteiger charge is -2.37. The highest BCUT2D eigenvalue weighted by Gasteiger charge is 2.27. The summed E-state index contributed by atoms with van der Waals surface area (Å²) in [6.07, 6.45) is 4.16. The van der Waals surface area contributed by atoms with Gasteiger partial charge in [0.2, 0.25) is 0 Å². The molecular weight excluding hydrogens is 306 g/mol. The molecule has 0 radical (unpaired) electrons. The van der Waals surface area contributed by atoms with E-state index in [1.165, 1.54) is 13.0 Å². The van der Waals surface area contributed by atoms with Gasteiger partial charge in [-0.25, -0.2) is 4.79 Å². The van der Waals surface area contributed by atoms with Gasteiger partial charge in [-0.15, -0.1) is 0 Å². The lowest BCUT2D eigenvalue weighted by molar-refractivity contribution is -0.925. The van der Waals surface area contributed by atoms with Crippen LogP contribution in [0.1, 0.15) is 40.5 Å². The standard InChI is InChI=1S/C15H29NO5S/c1-5-9-15(17)21-13-8-11-16(6-2,7-3)12-10-14(4)22(18,19)20/h5,9,14H,6-8,10-13H2,1-4H3/p+1. The summed E-state index contributed by atoms with van der Waals surface area (Å²) in [5.74, 6) is -0.339. The molecule has 130 valence electrons. The first-order valence-corrected chi connectivity index (χ1v) is 9.32. The molecule has 0 heterocycles. The van der Waals surface area contributed by atoms with Crippen LogP contribution in [-0.4, -0.2) is 61.5 Å². The number of esters is 1. The van der Waals surface area contributed by atoms with Gasteiger partial charge < -0.3 is 9.22 Å². The van der Waals surface area contributed by atoms with Crippen molar-refractivity contribution in [3.63, 3.8) is 0 Å². The molecule has 1 atom stereocenters. The van der Waals surface area contributed by atoms with E-state index in [1.807, 2.05) is 0 Å². The molecule has 0 spiro atoms. The zero-order valence-electron chi connectivity index (χ0n) is 14.1. The predicted octanol–water partition coefficient (Wildman–Crippen LogP) is 2.02. The molecule has 0 aliphatic heterocycles. The topological polar surface area (TPSA) is 80.7 Å². The Bertz CT molecular complexity index is 455. The van der Waals surface area contributed by atoms with Gasteiger partial charge >= 0.3 is 5.97 Å². The van der Waals surface area contributed by atoms with Crippen molar-refractivity contribution in [2.24, 2.45) is 0 Å². The first kappa shape index (κ1) is 21.1. The Labute approximate surface area is 134 Å². The fraction of sp³-hybridized carbons (Fsp3) is 0.800. The van der Waals surface area contributed by atoms with Gasteiger partial charge in [0.25, 0.3) is 10.1 Å². The van der Waals surface area contributed by atoms with Crippen molar-refractivity contribution >= 4 is 16.1 Å². The van der Waals surface area contributed by atoms with Crippen LogP contribution in [0.15, 0.2) is 12.2 Å². The number of carbonyl (C=O) groups is 1. The summed E-state index contributed by atoms with van der Waals surface area (Å²) in [6.45, 7) is 11.0. The minimum absolute atomic E-state index is 0.339. The monoisotopic (exact) mass is 336 g/mol. The predicted molar refractivity (Wildman–Crippen MR) is 87.1 cm³/mol. The summed E-state index contributed by atoms with van der Waals surface area (Å²) in [5, 5.41) is -0.754. The maximum atomic E-state index is 11.2. The fourth-order valence-electron chi connectivity index (χ4n) is 2.33. The minimum Gasteiger partial charge on any atom is -0.462 e. The van der Waals surface area contributed by atoms with Crippen LogP contribution in [0.4, 0.5) is 0 Å². The van der Waals surface area contributed by atoms with Gasteiger partial charge in [-0.1, -0.05) is 6.08 Å². The summed E-state index contributed by atoms with van der Waals surface area (Å²) in [5.41, 5.74) is 0. The Morgan fingerprint density at radius 1 is 1.27 bits per heavy atom. The Kier molecular flexibility index (Phi) is 9.55. The molecule has 1 N–H and O–H groups in total. The van der Waals surface area contributed by atoms with Crippen LogP contribution in [0.5, 0.6) is 0 Å². The molecular formula is C15H30NO5S+. The average molecular weight is 336 g/mol. The van der Waals surface area contributed by atoms with E-state index < -0.39 is 15.4 Å². The van der Waals surface area contributed by atoms with Crippen LogP contribution in [-0.2, 0) is 19.6 Å². The second kappa shape index (κ2) is 9.97. The zero-order chi connectivity index (χ0) is 17.2. The molecule has 0 amide bonds. The number of carbonyl (C=O) groups excluding carboxylic acids is 1. The van der Waals surface area contributed by atoms with Crippen LogP contribution >= 0.6 is 0 Å². The molecule has 0 aromatic rings. The van der Waals surface area contributed by atoms with E-state index in [0.717, 1.165) is 30.5 Å². The second-order valence-corrected chi connectivity index (χ2v) is 7.39. The van der Waals surface area contributed by atoms with Gasteiger partial charge in [-0.2, -0.15) is 8.42 Å². The van der Waals surface area contributed by atoms with Gasteiger partial charge in [0, 0.05) is 18.9 Å². The van der Waals surface area contributed by atoms with Crippen molar-refractivity contribution < 1.29 is 27.0 Å². The molecule has 0 aliphatic rings. The fourth-order valence-corrected chi connectivity index (χ4v) is 2.73. The van der Waals surface area contributed by atoms with Crippen molar-refractivity contribution in [1.82, 2.24) is 0 Å². The van der Waals surface area contributed by atoms with E-state index in [1.54, 1.807) is 13.0 Å². The maximum absolute atomic E-state index is 11.2. The van der Waals surface area contributed by atoms with Crippen molar-refractivity contribution in [2.45, 2.75) is 45.8 Å². The highest BCUT2D eigenvalue weighted by Crippen LogP contribution is 2.13. The van der Waals surface area contributed by atoms with Crippen LogP contribution in [0.2, 0.25) is 0 Å². The molecule has 0 fully saturated rings. The maximum Gasteiger partial charge on any atom is 0.330 e. The minimum atomic E-state index is -3.97. The van der Waals surface area contributed by atoms with Crippen LogP contribution < -0.4 is 0 Å². The van der Waals surface area contributed by atoms with Crippen molar-refractivity contribution in [2.75, 3.05) is 32.8 Å². The lowest BCUT2D eigenvalue weighted by Crippen LogP contribution is -2.50. The van der Waals surface area contributed by atoms with Crippen LogP contribution in [0.25, 0.3) is 0 Å². The van der Waals surface area contributed by atoms with Crippen molar-refractivity contribution in [3.8, 4) is 0 Å². The lowest BCUT2D eigenvalue weighted by atomic mass is 10.2. The number of nitrogens with zero attached hydrogens (tertiary/aromatic N) is 1. The van der Waals surface area contributed by atoms with Crippen LogP contribution in [0, 0.1) is 0 Å². The molecule has 0 aromatic heterocycles. The van der Waals surface area contributed by atoms with Crippen molar-refractivity contribution in [1.29, 1.82) is 0 Å². The summed E-state index contributed by atoms with van der Waals surface area (Å²) >= 11 is 0. The number of rotatable bonds is 11. The number of hydrogen-bond donors (Lipinski definition) is 1. The number of quaternary nitrogens is 1. The van der Waals surface area contributed by atoms with Gasteiger partial charge in [0.1, 0.15) is 0 Å². The molecule has 0 aliphatic carbocycles. The molecule has 0 bridgehead atoms. The molecule has 22 heavy (non-hydrogen) atoms. The molecule has 0 rings (SSSR count). The van der Waals surface area contributed by atoms with E-state index in [2.05, 4.69) is 13.8 Å². The van der Waals surface area contributed by atoms with E-state index in [4.69, 9.17) is 9.29 Å². The third kappa shape index (κ3) is 7.91. The first-order chi connectivity index (χ1) is 10.2. The number of hydrogen-bond acceptors (Lipinski definition) is 4. The first-order valence-electron chi connectivity index (χ1n) is 7.81. The molecule has 0 saturated carbocycles. The zero-order valence-corrected chi connectivity index (χ0v) is 14.9. The van der Waals surface area contributed by atoms with Gasteiger partial charge in [0.05, 0.1) is 38.0 Å². The Balaban J connectivity index is 4.41. The van der Waals surface area contributed by atoms with Gasteiger partial charge in [-0.05, 0) is 27.7 Å². The van der Waals surface area contributed by atoms with E-state index >= 15 is 0 Å². The largest absolute Gasteiger partial charge is 0.462 e. The Hall–Kier alpha value is -0.920. The summed E-state index contributed by atoms with van der Waals surface area (Å²) < 4.78 is 37.1. The summed E-state index contributed by atoms with van der Waals surface area (Å²) in [4.78, 5) is 11.2. The summed E-state index contributed by atoms with van der Waals surface area (Å²) in [7, 11) is -3.97. The quantitative estimate of drug-likeness (QED) is 0.205. The normalized spacial score (nSPS) is 14.2. The van der Waals surface area contributed by atoms with E-state index in [-0.39, 0.29) is 5.97 Å². The molecule has 6 nitrogen and oxygen atoms in total. The van der Waals surface area contributed by atoms with Crippen molar-refractivity contribution in [3.05, 3.63) is 12.2 Å². The third-order valence-corrected chi connectivity index (χ3v) is 5.44. The highest BCUT2D eigenvalue weighted by atomic mass is 32.2. The molecule has 7 heteroatoms. The third-order valence-electron chi connectivity index (χ3n) is 4.18. The van der Waals surface area contributed by atoms with Crippen LogP contribution in [0.3, 0.4) is 0 Å². The summed E-state index contributed by atoms with van der Waals surface area (Å²) in [6, 6.07) is 0. The van der Waals surface area contributed by atoms with Gasteiger partial charge in [0.15, 0.2) is 0 Å². The number of ether oxygens (including phenoxy) is 1. The molecule has 0 saturated heterocycles. The molecule has 0 aromatic carbocycles. The Morgan fingerprint density at radius 3 is 2.32 bits per heavy atom. The SMILES string of the molecule is CC=CC(=O)OCCC[N+](CC)(CC)CCC(C)S(=O)(=O)O. The smallest absolute Gasteiger partial charge is 0.330 e. The van der Waals surface area contributed by atoms with E-state index in [0.29, 0.717) is 19.6 Å². The Morgan fingerprint density at radius 2 is 1.86 bits per heavy atom.